The van der Waals surface area contributed by atoms with E-state index in [9.17, 15) is 14.7 Å². The number of carbonyl (C=O) groups excluding carboxylic acids is 1. The minimum atomic E-state index is -1.40. The summed E-state index contributed by atoms with van der Waals surface area (Å²) in [6.45, 7) is 2.57. The Bertz CT molecular complexity index is 442. The molecule has 1 aromatic rings. The van der Waals surface area contributed by atoms with Crippen LogP contribution in [0.5, 0.6) is 0 Å². The molecule has 1 fully saturated rings. The molecule has 0 aliphatic carbocycles. The molecule has 2 rings (SSSR count). The van der Waals surface area contributed by atoms with Gasteiger partial charge in [0.05, 0.1) is 12.7 Å². The molecule has 2 amide bonds. The fourth-order valence-corrected chi connectivity index (χ4v) is 1.68. The Morgan fingerprint density at radius 3 is 2.94 bits per heavy atom. The standard InChI is InChI=1S/C9H12N4O3/c1-2-13-4-6(3-11-13)9(7(14)15)5-10-8(16)12-9/h3-4H,2,5H2,1H3,(H,14,15)(H2,10,12,16). The first-order chi connectivity index (χ1) is 7.58. The largest absolute Gasteiger partial charge is 0.479 e. The number of hydrogen-bond acceptors (Lipinski definition) is 3. The predicted octanol–water partition coefficient (Wildman–Crippen LogP) is -0.504. The van der Waals surface area contributed by atoms with Crippen LogP contribution in [0.2, 0.25) is 0 Å². The van der Waals surface area contributed by atoms with Crippen molar-refractivity contribution in [2.24, 2.45) is 0 Å². The SMILES string of the molecule is CCn1cc(C2(C(=O)O)CNC(=O)N2)cn1. The molecule has 7 heteroatoms. The number of nitrogens with one attached hydrogen (secondary N) is 2. The summed E-state index contributed by atoms with van der Waals surface area (Å²) in [5.74, 6) is -1.10. The Labute approximate surface area is 91.4 Å². The van der Waals surface area contributed by atoms with Gasteiger partial charge in [-0.2, -0.15) is 5.10 Å². The van der Waals surface area contributed by atoms with Crippen LogP contribution in [-0.4, -0.2) is 33.4 Å². The molecule has 1 unspecified atom stereocenters. The lowest BCUT2D eigenvalue weighted by Crippen LogP contribution is -2.47. The van der Waals surface area contributed by atoms with Gasteiger partial charge in [0.1, 0.15) is 0 Å². The average molecular weight is 224 g/mol. The second kappa shape index (κ2) is 3.51. The zero-order valence-corrected chi connectivity index (χ0v) is 8.73. The van der Waals surface area contributed by atoms with Gasteiger partial charge in [0.2, 0.25) is 0 Å². The molecule has 0 bridgehead atoms. The predicted molar refractivity (Wildman–Crippen MR) is 53.7 cm³/mol. The number of amides is 2. The summed E-state index contributed by atoms with van der Waals surface area (Å²) in [6.07, 6.45) is 3.09. The first-order valence-corrected chi connectivity index (χ1v) is 4.91. The minimum Gasteiger partial charge on any atom is -0.479 e. The Hall–Kier alpha value is -2.05. The van der Waals surface area contributed by atoms with Crippen LogP contribution in [0, 0.1) is 0 Å². The van der Waals surface area contributed by atoms with E-state index in [-0.39, 0.29) is 6.54 Å². The summed E-state index contributed by atoms with van der Waals surface area (Å²) in [7, 11) is 0. The maximum atomic E-state index is 11.3. The van der Waals surface area contributed by atoms with E-state index in [4.69, 9.17) is 0 Å². The molecular formula is C9H12N4O3. The van der Waals surface area contributed by atoms with Crippen molar-refractivity contribution in [2.75, 3.05) is 6.54 Å². The van der Waals surface area contributed by atoms with E-state index in [0.29, 0.717) is 12.1 Å². The van der Waals surface area contributed by atoms with Gasteiger partial charge in [-0.3, -0.25) is 4.68 Å². The van der Waals surface area contributed by atoms with Crippen LogP contribution in [-0.2, 0) is 16.9 Å². The summed E-state index contributed by atoms with van der Waals surface area (Å²) in [5, 5.41) is 18.1. The number of carboxylic acid groups (broad SMARTS) is 1. The molecule has 86 valence electrons. The first-order valence-electron chi connectivity index (χ1n) is 4.91. The molecule has 1 aliphatic rings. The number of carbonyl (C=O) groups is 2. The quantitative estimate of drug-likeness (QED) is 0.644. The molecule has 0 saturated carbocycles. The highest BCUT2D eigenvalue weighted by Gasteiger charge is 2.47. The van der Waals surface area contributed by atoms with Crippen molar-refractivity contribution in [3.63, 3.8) is 0 Å². The van der Waals surface area contributed by atoms with Gasteiger partial charge in [-0.1, -0.05) is 0 Å². The molecule has 1 atom stereocenters. The van der Waals surface area contributed by atoms with Crippen LogP contribution in [0.15, 0.2) is 12.4 Å². The topological polar surface area (TPSA) is 96.3 Å². The smallest absolute Gasteiger partial charge is 0.336 e. The monoisotopic (exact) mass is 224 g/mol. The molecule has 3 N–H and O–H groups in total. The van der Waals surface area contributed by atoms with Gasteiger partial charge in [-0.05, 0) is 6.92 Å². The lowest BCUT2D eigenvalue weighted by Gasteiger charge is -2.20. The van der Waals surface area contributed by atoms with Gasteiger partial charge in [0.25, 0.3) is 0 Å². The zero-order chi connectivity index (χ0) is 11.8. The third kappa shape index (κ3) is 1.40. The zero-order valence-electron chi connectivity index (χ0n) is 8.73. The second-order valence-corrected chi connectivity index (χ2v) is 3.60. The van der Waals surface area contributed by atoms with E-state index in [0.717, 1.165) is 0 Å². The van der Waals surface area contributed by atoms with Crippen LogP contribution < -0.4 is 10.6 Å². The van der Waals surface area contributed by atoms with Crippen LogP contribution in [0.4, 0.5) is 4.79 Å². The van der Waals surface area contributed by atoms with Gasteiger partial charge in [0, 0.05) is 18.3 Å². The van der Waals surface area contributed by atoms with Crippen LogP contribution in [0.3, 0.4) is 0 Å². The van der Waals surface area contributed by atoms with E-state index < -0.39 is 17.5 Å². The van der Waals surface area contributed by atoms with Gasteiger partial charge >= 0.3 is 12.0 Å². The number of hydrogen-bond donors (Lipinski definition) is 3. The number of aliphatic carboxylic acids is 1. The third-order valence-corrected chi connectivity index (χ3v) is 2.66. The summed E-state index contributed by atoms with van der Waals surface area (Å²) >= 11 is 0. The number of nitrogens with zero attached hydrogens (tertiary/aromatic N) is 2. The Morgan fingerprint density at radius 1 is 1.75 bits per heavy atom. The Morgan fingerprint density at radius 2 is 2.50 bits per heavy atom. The normalized spacial score (nSPS) is 23.9. The lowest BCUT2D eigenvalue weighted by atomic mass is 9.94. The Kier molecular flexibility index (Phi) is 2.30. The highest BCUT2D eigenvalue weighted by Crippen LogP contribution is 2.23. The lowest BCUT2D eigenvalue weighted by molar-refractivity contribution is -0.143. The maximum absolute atomic E-state index is 11.3. The van der Waals surface area contributed by atoms with Gasteiger partial charge in [-0.15, -0.1) is 0 Å². The summed E-state index contributed by atoms with van der Waals surface area (Å²) in [4.78, 5) is 22.4. The highest BCUT2D eigenvalue weighted by molar-refractivity contribution is 5.91. The summed E-state index contributed by atoms with van der Waals surface area (Å²) in [5.41, 5.74) is -0.926. The second-order valence-electron chi connectivity index (χ2n) is 3.60. The summed E-state index contributed by atoms with van der Waals surface area (Å²) in [6, 6.07) is -0.480. The molecule has 0 aromatic carbocycles. The number of urea groups is 1. The Balaban J connectivity index is 2.40. The van der Waals surface area contributed by atoms with Crippen molar-refractivity contribution in [1.29, 1.82) is 0 Å². The molecule has 1 saturated heterocycles. The first kappa shape index (κ1) is 10.5. The number of aromatic nitrogens is 2. The van der Waals surface area contributed by atoms with Crippen molar-refractivity contribution < 1.29 is 14.7 Å². The number of carboxylic acids is 1. The van der Waals surface area contributed by atoms with Crippen LogP contribution in [0.1, 0.15) is 12.5 Å². The molecule has 1 aliphatic heterocycles. The van der Waals surface area contributed by atoms with Crippen molar-refractivity contribution in [3.05, 3.63) is 18.0 Å². The third-order valence-electron chi connectivity index (χ3n) is 2.66. The summed E-state index contributed by atoms with van der Waals surface area (Å²) < 4.78 is 1.62. The molecule has 1 aromatic heterocycles. The van der Waals surface area contributed by atoms with E-state index in [1.54, 1.807) is 10.9 Å². The van der Waals surface area contributed by atoms with Gasteiger partial charge in [-0.25, -0.2) is 9.59 Å². The molecular weight excluding hydrogens is 212 g/mol. The van der Waals surface area contributed by atoms with Crippen molar-refractivity contribution in [3.8, 4) is 0 Å². The van der Waals surface area contributed by atoms with Crippen molar-refractivity contribution in [2.45, 2.75) is 19.0 Å². The minimum absolute atomic E-state index is 0.0244. The molecule has 0 radical (unpaired) electrons. The number of aryl methyl sites for hydroxylation is 1. The van der Waals surface area contributed by atoms with E-state index in [1.165, 1.54) is 6.20 Å². The van der Waals surface area contributed by atoms with E-state index in [2.05, 4.69) is 15.7 Å². The van der Waals surface area contributed by atoms with E-state index in [1.807, 2.05) is 6.92 Å². The van der Waals surface area contributed by atoms with Crippen LogP contribution in [0.25, 0.3) is 0 Å². The van der Waals surface area contributed by atoms with Gasteiger partial charge < -0.3 is 15.7 Å². The molecule has 16 heavy (non-hydrogen) atoms. The van der Waals surface area contributed by atoms with E-state index >= 15 is 0 Å². The van der Waals surface area contributed by atoms with Crippen LogP contribution >= 0.6 is 0 Å². The van der Waals surface area contributed by atoms with Gasteiger partial charge in [0.15, 0.2) is 5.54 Å². The number of rotatable bonds is 3. The maximum Gasteiger partial charge on any atom is 0.336 e. The molecule has 7 nitrogen and oxygen atoms in total. The fourth-order valence-electron chi connectivity index (χ4n) is 1.68. The molecule has 0 spiro atoms. The molecule has 2 heterocycles. The van der Waals surface area contributed by atoms with Crippen molar-refractivity contribution in [1.82, 2.24) is 20.4 Å². The highest BCUT2D eigenvalue weighted by atomic mass is 16.4. The van der Waals surface area contributed by atoms with Crippen molar-refractivity contribution >= 4 is 12.0 Å². The fraction of sp³-hybridized carbons (Fsp3) is 0.444. The average Bonchev–Trinajstić information content (AvgIpc) is 2.84.